The Morgan fingerprint density at radius 3 is 2.86 bits per heavy atom. The molecule has 0 aliphatic carbocycles. The van der Waals surface area contributed by atoms with Crippen molar-refractivity contribution >= 4 is 16.9 Å². The molecule has 0 fully saturated rings. The second-order valence-electron chi connectivity index (χ2n) is 5.06. The minimum Gasteiger partial charge on any atom is -0.354 e. The molecule has 0 amide bonds. The molecule has 0 aliphatic heterocycles. The molecule has 0 bridgehead atoms. The maximum absolute atomic E-state index is 4.60. The van der Waals surface area contributed by atoms with Gasteiger partial charge in [0.25, 0.3) is 0 Å². The summed E-state index contributed by atoms with van der Waals surface area (Å²) in [4.78, 5) is 13.4. The van der Waals surface area contributed by atoms with E-state index in [1.54, 1.807) is 0 Å². The van der Waals surface area contributed by atoms with Gasteiger partial charge in [-0.3, -0.25) is 4.98 Å². The van der Waals surface area contributed by atoms with Crippen LogP contribution in [0, 0.1) is 6.92 Å². The molecule has 3 aromatic rings. The van der Waals surface area contributed by atoms with Crippen molar-refractivity contribution in [2.24, 2.45) is 0 Å². The number of nitrogens with one attached hydrogen (secondary N) is 1. The van der Waals surface area contributed by atoms with E-state index in [-0.39, 0.29) is 0 Å². The number of hydrogen-bond donors (Lipinski definition) is 1. The third kappa shape index (κ3) is 2.99. The molecule has 2 heterocycles. The first-order valence-corrected chi connectivity index (χ1v) is 7.21. The molecular weight excluding hydrogens is 260 g/mol. The van der Waals surface area contributed by atoms with E-state index in [2.05, 4.69) is 51.5 Å². The first-order chi connectivity index (χ1) is 10.3. The van der Waals surface area contributed by atoms with Crippen LogP contribution in [0.1, 0.15) is 19.0 Å². The van der Waals surface area contributed by atoms with Gasteiger partial charge in [0.05, 0.1) is 11.2 Å². The SMILES string of the molecule is CCCNc1nc(C)cc(-c2ccc3cccnc3c2)n1. The molecule has 2 aromatic heterocycles. The molecule has 1 aromatic carbocycles. The molecule has 106 valence electrons. The molecule has 21 heavy (non-hydrogen) atoms. The maximum atomic E-state index is 4.60. The minimum atomic E-state index is 0.688. The second kappa shape index (κ2) is 5.87. The highest BCUT2D eigenvalue weighted by Gasteiger charge is 2.05. The van der Waals surface area contributed by atoms with Crippen LogP contribution in [0.25, 0.3) is 22.2 Å². The van der Waals surface area contributed by atoms with Crippen LogP contribution >= 0.6 is 0 Å². The fraction of sp³-hybridized carbons (Fsp3) is 0.235. The van der Waals surface area contributed by atoms with E-state index < -0.39 is 0 Å². The van der Waals surface area contributed by atoms with Gasteiger partial charge in [0.15, 0.2) is 0 Å². The van der Waals surface area contributed by atoms with Crippen molar-refractivity contribution in [2.45, 2.75) is 20.3 Å². The monoisotopic (exact) mass is 278 g/mol. The summed E-state index contributed by atoms with van der Waals surface area (Å²) >= 11 is 0. The van der Waals surface area contributed by atoms with Gasteiger partial charge in [0, 0.05) is 29.4 Å². The average molecular weight is 278 g/mol. The molecule has 3 rings (SSSR count). The summed E-state index contributed by atoms with van der Waals surface area (Å²) in [7, 11) is 0. The summed E-state index contributed by atoms with van der Waals surface area (Å²) < 4.78 is 0. The molecule has 0 radical (unpaired) electrons. The van der Waals surface area contributed by atoms with Gasteiger partial charge >= 0.3 is 0 Å². The van der Waals surface area contributed by atoms with Gasteiger partial charge in [0.2, 0.25) is 5.95 Å². The zero-order valence-corrected chi connectivity index (χ0v) is 12.3. The van der Waals surface area contributed by atoms with Gasteiger partial charge in [-0.25, -0.2) is 9.97 Å². The number of rotatable bonds is 4. The molecule has 0 atom stereocenters. The lowest BCUT2D eigenvalue weighted by molar-refractivity contribution is 0.947. The number of hydrogen-bond acceptors (Lipinski definition) is 4. The summed E-state index contributed by atoms with van der Waals surface area (Å²) in [6.07, 6.45) is 2.86. The third-order valence-corrected chi connectivity index (χ3v) is 3.29. The molecule has 1 N–H and O–H groups in total. The molecule has 4 nitrogen and oxygen atoms in total. The van der Waals surface area contributed by atoms with E-state index in [9.17, 15) is 0 Å². The van der Waals surface area contributed by atoms with Crippen LogP contribution in [0.5, 0.6) is 0 Å². The predicted octanol–water partition coefficient (Wildman–Crippen LogP) is 3.82. The molecule has 0 aliphatic rings. The lowest BCUT2D eigenvalue weighted by Gasteiger charge is -2.08. The highest BCUT2D eigenvalue weighted by molar-refractivity contribution is 5.83. The standard InChI is InChI=1S/C17H18N4/c1-3-8-19-17-20-12(2)10-16(21-17)14-7-6-13-5-4-9-18-15(13)11-14/h4-7,9-11H,3,8H2,1-2H3,(H,19,20,21). The van der Waals surface area contributed by atoms with Crippen molar-refractivity contribution in [3.05, 3.63) is 48.3 Å². The number of aromatic nitrogens is 3. The van der Waals surface area contributed by atoms with Gasteiger partial charge in [-0.05, 0) is 31.5 Å². The van der Waals surface area contributed by atoms with E-state index >= 15 is 0 Å². The topological polar surface area (TPSA) is 50.7 Å². The van der Waals surface area contributed by atoms with E-state index in [1.807, 2.05) is 25.3 Å². The summed E-state index contributed by atoms with van der Waals surface area (Å²) in [5, 5.41) is 4.38. The minimum absolute atomic E-state index is 0.688. The van der Waals surface area contributed by atoms with Crippen molar-refractivity contribution in [1.29, 1.82) is 0 Å². The summed E-state index contributed by atoms with van der Waals surface area (Å²) in [5.41, 5.74) is 3.92. The smallest absolute Gasteiger partial charge is 0.223 e. The van der Waals surface area contributed by atoms with Crippen LogP contribution < -0.4 is 5.32 Å². The van der Waals surface area contributed by atoms with Crippen LogP contribution in [0.15, 0.2) is 42.6 Å². The van der Waals surface area contributed by atoms with E-state index in [0.29, 0.717) is 5.95 Å². The Balaban J connectivity index is 2.02. The predicted molar refractivity (Wildman–Crippen MR) is 86.3 cm³/mol. The number of aryl methyl sites for hydroxylation is 1. The Kier molecular flexibility index (Phi) is 3.77. The van der Waals surface area contributed by atoms with Crippen molar-refractivity contribution < 1.29 is 0 Å². The lowest BCUT2D eigenvalue weighted by atomic mass is 10.1. The average Bonchev–Trinajstić information content (AvgIpc) is 2.52. The van der Waals surface area contributed by atoms with E-state index in [0.717, 1.165) is 40.8 Å². The first kappa shape index (κ1) is 13.5. The lowest BCUT2D eigenvalue weighted by Crippen LogP contribution is -2.05. The largest absolute Gasteiger partial charge is 0.354 e. The summed E-state index contributed by atoms with van der Waals surface area (Å²) in [5.74, 6) is 0.688. The molecule has 0 spiro atoms. The Hall–Kier alpha value is -2.49. The second-order valence-corrected chi connectivity index (χ2v) is 5.06. The van der Waals surface area contributed by atoms with Gasteiger partial charge < -0.3 is 5.32 Å². The normalized spacial score (nSPS) is 10.8. The van der Waals surface area contributed by atoms with Gasteiger partial charge in [-0.1, -0.05) is 25.1 Å². The van der Waals surface area contributed by atoms with Crippen molar-refractivity contribution in [2.75, 3.05) is 11.9 Å². The Labute approximate surface area is 124 Å². The van der Waals surface area contributed by atoms with Crippen LogP contribution in [0.4, 0.5) is 5.95 Å². The molecule has 0 saturated carbocycles. The molecule has 0 saturated heterocycles. The zero-order chi connectivity index (χ0) is 14.7. The molecule has 4 heteroatoms. The highest BCUT2D eigenvalue weighted by Crippen LogP contribution is 2.23. The summed E-state index contributed by atoms with van der Waals surface area (Å²) in [6, 6.07) is 12.2. The number of anilines is 1. The fourth-order valence-electron chi connectivity index (χ4n) is 2.26. The number of nitrogens with zero attached hydrogens (tertiary/aromatic N) is 3. The van der Waals surface area contributed by atoms with E-state index in [1.165, 1.54) is 0 Å². The van der Waals surface area contributed by atoms with Gasteiger partial charge in [0.1, 0.15) is 0 Å². The Morgan fingerprint density at radius 1 is 1.10 bits per heavy atom. The van der Waals surface area contributed by atoms with E-state index in [4.69, 9.17) is 0 Å². The quantitative estimate of drug-likeness (QED) is 0.788. The fourth-order valence-corrected chi connectivity index (χ4v) is 2.26. The maximum Gasteiger partial charge on any atom is 0.223 e. The zero-order valence-electron chi connectivity index (χ0n) is 12.3. The Morgan fingerprint density at radius 2 is 2.00 bits per heavy atom. The highest BCUT2D eigenvalue weighted by atomic mass is 15.1. The van der Waals surface area contributed by atoms with Crippen LogP contribution in [0.2, 0.25) is 0 Å². The van der Waals surface area contributed by atoms with Gasteiger partial charge in [-0.15, -0.1) is 0 Å². The third-order valence-electron chi connectivity index (χ3n) is 3.29. The summed E-state index contributed by atoms with van der Waals surface area (Å²) in [6.45, 7) is 4.99. The number of benzene rings is 1. The first-order valence-electron chi connectivity index (χ1n) is 7.21. The van der Waals surface area contributed by atoms with Crippen molar-refractivity contribution in [3.63, 3.8) is 0 Å². The van der Waals surface area contributed by atoms with Crippen LogP contribution in [-0.2, 0) is 0 Å². The van der Waals surface area contributed by atoms with Crippen molar-refractivity contribution in [1.82, 2.24) is 15.0 Å². The van der Waals surface area contributed by atoms with Crippen molar-refractivity contribution in [3.8, 4) is 11.3 Å². The number of pyridine rings is 1. The van der Waals surface area contributed by atoms with Crippen LogP contribution in [-0.4, -0.2) is 21.5 Å². The van der Waals surface area contributed by atoms with Crippen LogP contribution in [0.3, 0.4) is 0 Å². The Bertz CT molecular complexity index is 768. The molecule has 0 unspecified atom stereocenters. The number of fused-ring (bicyclic) bond motifs is 1. The van der Waals surface area contributed by atoms with Gasteiger partial charge in [-0.2, -0.15) is 0 Å². The molecular formula is C17H18N4.